The van der Waals surface area contributed by atoms with Gasteiger partial charge in [-0.1, -0.05) is 0 Å². The van der Waals surface area contributed by atoms with Gasteiger partial charge in [0.15, 0.2) is 0 Å². The van der Waals surface area contributed by atoms with Gasteiger partial charge in [0.25, 0.3) is 0 Å². The van der Waals surface area contributed by atoms with Crippen LogP contribution in [-0.4, -0.2) is 60.1 Å². The molecule has 2 fully saturated rings. The number of aromatic amines is 1. The van der Waals surface area contributed by atoms with Gasteiger partial charge in [-0.25, -0.2) is 9.67 Å². The Morgan fingerprint density at radius 3 is 2.88 bits per heavy atom. The van der Waals surface area contributed by atoms with Crippen molar-refractivity contribution in [3.05, 3.63) is 30.6 Å². The fraction of sp³-hybridized carbons (Fsp3) is 0.647. The van der Waals surface area contributed by atoms with Crippen LogP contribution in [0.3, 0.4) is 0 Å². The van der Waals surface area contributed by atoms with E-state index in [-0.39, 0.29) is 11.9 Å². The van der Waals surface area contributed by atoms with E-state index in [1.165, 1.54) is 6.33 Å². The Hall–Kier alpha value is -2.22. The highest BCUT2D eigenvalue weighted by atomic mass is 16.3. The molecule has 1 amide bonds. The Morgan fingerprint density at radius 2 is 2.16 bits per heavy atom. The number of rotatable bonds is 5. The van der Waals surface area contributed by atoms with Crippen LogP contribution in [0.15, 0.2) is 25.0 Å². The second-order valence-electron chi connectivity index (χ2n) is 7.26. The van der Waals surface area contributed by atoms with E-state index in [4.69, 9.17) is 0 Å². The van der Waals surface area contributed by atoms with E-state index >= 15 is 0 Å². The number of likely N-dealkylation sites (tertiary alicyclic amines) is 1. The number of H-pyrrole nitrogens is 1. The summed E-state index contributed by atoms with van der Waals surface area (Å²) in [5.41, 5.74) is 1.14. The fourth-order valence-electron chi connectivity index (χ4n) is 4.30. The predicted molar refractivity (Wildman–Crippen MR) is 89.4 cm³/mol. The molecule has 1 aliphatic heterocycles. The Bertz CT molecular complexity index is 686. The van der Waals surface area contributed by atoms with Crippen molar-refractivity contribution >= 4 is 5.91 Å². The molecule has 4 rings (SSSR count). The van der Waals surface area contributed by atoms with E-state index in [9.17, 15) is 9.90 Å². The lowest BCUT2D eigenvalue weighted by atomic mass is 9.77. The van der Waals surface area contributed by atoms with Gasteiger partial charge in [0.2, 0.25) is 5.91 Å². The molecular formula is C17H24N6O2. The lowest BCUT2D eigenvalue weighted by Crippen LogP contribution is -2.36. The molecule has 1 saturated heterocycles. The number of amides is 1. The second-order valence-corrected chi connectivity index (χ2v) is 7.26. The highest BCUT2D eigenvalue weighted by molar-refractivity contribution is 5.76. The van der Waals surface area contributed by atoms with Gasteiger partial charge in [0, 0.05) is 25.7 Å². The summed E-state index contributed by atoms with van der Waals surface area (Å²) in [5.74, 6) is 1.06. The topological polar surface area (TPSA) is 99.9 Å². The number of nitrogens with zero attached hydrogens (tertiary/aromatic N) is 5. The molecule has 1 saturated carbocycles. The summed E-state index contributed by atoms with van der Waals surface area (Å²) in [6, 6.07) is -0.0279. The first-order valence-electron chi connectivity index (χ1n) is 8.98. The van der Waals surface area contributed by atoms with Crippen LogP contribution in [0.25, 0.3) is 0 Å². The van der Waals surface area contributed by atoms with Crippen molar-refractivity contribution in [3.8, 4) is 0 Å². The summed E-state index contributed by atoms with van der Waals surface area (Å²) in [5, 5.41) is 21.4. The maximum absolute atomic E-state index is 12.5. The van der Waals surface area contributed by atoms with Crippen LogP contribution in [0.4, 0.5) is 0 Å². The first kappa shape index (κ1) is 16.3. The number of nitrogens with one attached hydrogen (secondary N) is 1. The lowest BCUT2D eigenvalue weighted by molar-refractivity contribution is -0.130. The largest absolute Gasteiger partial charge is 0.391 e. The molecule has 0 bridgehead atoms. The number of carbonyl (C=O) groups is 1. The molecule has 2 N–H and O–H groups in total. The molecule has 134 valence electrons. The molecule has 4 atom stereocenters. The fourth-order valence-corrected chi connectivity index (χ4v) is 4.30. The number of aliphatic hydroxyl groups is 1. The zero-order chi connectivity index (χ0) is 17.2. The monoisotopic (exact) mass is 344 g/mol. The van der Waals surface area contributed by atoms with E-state index in [1.807, 2.05) is 11.1 Å². The van der Waals surface area contributed by atoms with Crippen LogP contribution in [0, 0.1) is 11.8 Å². The molecule has 8 heteroatoms. The Kier molecular flexibility index (Phi) is 4.52. The molecule has 0 aromatic carbocycles. The maximum atomic E-state index is 12.5. The number of hydrogen-bond donors (Lipinski definition) is 2. The first-order valence-corrected chi connectivity index (χ1v) is 8.98. The number of aliphatic hydroxyl groups excluding tert-OH is 1. The van der Waals surface area contributed by atoms with Crippen LogP contribution < -0.4 is 0 Å². The summed E-state index contributed by atoms with van der Waals surface area (Å²) in [6.07, 6.45) is 10.3. The summed E-state index contributed by atoms with van der Waals surface area (Å²) in [7, 11) is 0. The molecule has 8 nitrogen and oxygen atoms in total. The zero-order valence-corrected chi connectivity index (χ0v) is 14.2. The van der Waals surface area contributed by atoms with Crippen molar-refractivity contribution < 1.29 is 9.90 Å². The molecule has 1 aliphatic carbocycles. The number of aromatic nitrogens is 5. The standard InChI is InChI=1S/C17H24N6O2/c24-16-5-14-9-22(17(25)3-1-2-12-6-19-20-7-12)8-13(14)4-15(16)23-11-18-10-21-23/h6-7,10-11,13-16,24H,1-5,8-9H2,(H,19,20)/t13-,14+,15-,16-/m1/s1. The minimum atomic E-state index is -0.418. The van der Waals surface area contributed by atoms with Gasteiger partial charge in [0.1, 0.15) is 12.7 Å². The Balaban J connectivity index is 1.30. The molecule has 2 aliphatic rings. The third-order valence-electron chi connectivity index (χ3n) is 5.65. The van der Waals surface area contributed by atoms with E-state index in [2.05, 4.69) is 20.3 Å². The molecule has 3 heterocycles. The van der Waals surface area contributed by atoms with E-state index < -0.39 is 6.10 Å². The summed E-state index contributed by atoms with van der Waals surface area (Å²) in [6.45, 7) is 1.57. The van der Waals surface area contributed by atoms with E-state index in [0.717, 1.165) is 44.3 Å². The molecule has 0 spiro atoms. The third kappa shape index (κ3) is 3.44. The van der Waals surface area contributed by atoms with Gasteiger partial charge in [-0.15, -0.1) is 0 Å². The van der Waals surface area contributed by atoms with E-state index in [1.54, 1.807) is 17.2 Å². The van der Waals surface area contributed by atoms with Crippen LogP contribution in [0.1, 0.15) is 37.3 Å². The highest BCUT2D eigenvalue weighted by Crippen LogP contribution is 2.41. The van der Waals surface area contributed by atoms with Crippen LogP contribution >= 0.6 is 0 Å². The second kappa shape index (κ2) is 6.95. The normalized spacial score (nSPS) is 28.9. The van der Waals surface area contributed by atoms with Crippen molar-refractivity contribution in [3.63, 3.8) is 0 Å². The van der Waals surface area contributed by atoms with Gasteiger partial charge in [0.05, 0.1) is 18.3 Å². The number of hydrogen-bond acceptors (Lipinski definition) is 5. The zero-order valence-electron chi connectivity index (χ0n) is 14.2. The first-order chi connectivity index (χ1) is 12.2. The summed E-state index contributed by atoms with van der Waals surface area (Å²) < 4.78 is 1.76. The van der Waals surface area contributed by atoms with Gasteiger partial charge >= 0.3 is 0 Å². The van der Waals surface area contributed by atoms with Gasteiger partial charge in [-0.3, -0.25) is 9.89 Å². The molecule has 0 radical (unpaired) electrons. The summed E-state index contributed by atoms with van der Waals surface area (Å²) >= 11 is 0. The van der Waals surface area contributed by atoms with Gasteiger partial charge in [-0.2, -0.15) is 10.2 Å². The minimum absolute atomic E-state index is 0.0279. The van der Waals surface area contributed by atoms with Crippen LogP contribution in [0.2, 0.25) is 0 Å². The average Bonchev–Trinajstić information content (AvgIpc) is 3.35. The van der Waals surface area contributed by atoms with Crippen molar-refractivity contribution in [1.82, 2.24) is 29.9 Å². The Morgan fingerprint density at radius 1 is 1.32 bits per heavy atom. The van der Waals surface area contributed by atoms with Gasteiger partial charge in [-0.05, 0) is 43.1 Å². The molecular weight excluding hydrogens is 320 g/mol. The number of carbonyl (C=O) groups excluding carboxylic acids is 1. The van der Waals surface area contributed by atoms with E-state index in [0.29, 0.717) is 18.3 Å². The average molecular weight is 344 g/mol. The molecule has 0 unspecified atom stereocenters. The van der Waals surface area contributed by atoms with Crippen molar-refractivity contribution in [1.29, 1.82) is 0 Å². The number of fused-ring (bicyclic) bond motifs is 1. The predicted octanol–water partition coefficient (Wildman–Crippen LogP) is 0.794. The van der Waals surface area contributed by atoms with Crippen LogP contribution in [-0.2, 0) is 11.2 Å². The lowest BCUT2D eigenvalue weighted by Gasteiger charge is -2.34. The van der Waals surface area contributed by atoms with Crippen LogP contribution in [0.5, 0.6) is 0 Å². The molecule has 2 aromatic rings. The Labute approximate surface area is 146 Å². The maximum Gasteiger partial charge on any atom is 0.222 e. The minimum Gasteiger partial charge on any atom is -0.391 e. The quantitative estimate of drug-likeness (QED) is 0.835. The van der Waals surface area contributed by atoms with Gasteiger partial charge < -0.3 is 10.0 Å². The van der Waals surface area contributed by atoms with Crippen molar-refractivity contribution in [2.24, 2.45) is 11.8 Å². The smallest absolute Gasteiger partial charge is 0.222 e. The third-order valence-corrected chi connectivity index (χ3v) is 5.65. The van der Waals surface area contributed by atoms with Crippen molar-refractivity contribution in [2.75, 3.05) is 13.1 Å². The molecule has 2 aromatic heterocycles. The summed E-state index contributed by atoms with van der Waals surface area (Å²) in [4.78, 5) is 18.5. The number of aryl methyl sites for hydroxylation is 1. The van der Waals surface area contributed by atoms with Crippen molar-refractivity contribution in [2.45, 2.75) is 44.2 Å². The highest BCUT2D eigenvalue weighted by Gasteiger charge is 2.43. The molecule has 25 heavy (non-hydrogen) atoms. The SMILES string of the molecule is O=C(CCCc1cn[nH]c1)N1C[C@H]2C[C@@H](n3cncn3)[C@H](O)C[C@H]2C1.